The summed E-state index contributed by atoms with van der Waals surface area (Å²) in [5, 5.41) is 20.3. The second-order valence-corrected chi connectivity index (χ2v) is 5.18. The molecule has 0 spiro atoms. The fourth-order valence-corrected chi connectivity index (χ4v) is 2.56. The zero-order valence-electron chi connectivity index (χ0n) is 11.0. The van der Waals surface area contributed by atoms with Crippen LogP contribution in [0.3, 0.4) is 0 Å². The van der Waals surface area contributed by atoms with Crippen molar-refractivity contribution in [2.45, 2.75) is 12.1 Å². The van der Waals surface area contributed by atoms with Crippen LogP contribution < -0.4 is 0 Å². The van der Waals surface area contributed by atoms with Crippen molar-refractivity contribution in [3.05, 3.63) is 33.8 Å². The summed E-state index contributed by atoms with van der Waals surface area (Å²) in [5.41, 5.74) is 0.756. The van der Waals surface area contributed by atoms with Crippen molar-refractivity contribution in [3.8, 4) is 0 Å². The van der Waals surface area contributed by atoms with Crippen LogP contribution in [-0.2, 0) is 4.74 Å². The van der Waals surface area contributed by atoms with Crippen LogP contribution in [0.25, 0.3) is 0 Å². The van der Waals surface area contributed by atoms with Gasteiger partial charge in [0.1, 0.15) is 0 Å². The first-order chi connectivity index (χ1) is 9.01. The Kier molecular flexibility index (Phi) is 7.07. The molecule has 0 aromatic heterocycles. The van der Waals surface area contributed by atoms with Crippen LogP contribution in [0.2, 0.25) is 10.0 Å². The van der Waals surface area contributed by atoms with Crippen LogP contribution in [0.1, 0.15) is 11.6 Å². The molecule has 6 heteroatoms. The van der Waals surface area contributed by atoms with E-state index in [0.717, 1.165) is 5.56 Å². The average Bonchev–Trinajstić information content (AvgIpc) is 2.33. The molecule has 0 radical (unpaired) electrons. The summed E-state index contributed by atoms with van der Waals surface area (Å²) in [4.78, 5) is 1.83. The molecule has 0 fully saturated rings. The van der Waals surface area contributed by atoms with E-state index in [4.69, 9.17) is 33.0 Å². The van der Waals surface area contributed by atoms with Gasteiger partial charge in [0.2, 0.25) is 0 Å². The molecule has 0 saturated heterocycles. The van der Waals surface area contributed by atoms with E-state index >= 15 is 0 Å². The van der Waals surface area contributed by atoms with Crippen molar-refractivity contribution in [1.82, 2.24) is 4.90 Å². The molecular formula is C13H19Cl2NO3. The second-order valence-electron chi connectivity index (χ2n) is 4.34. The zero-order valence-corrected chi connectivity index (χ0v) is 12.5. The maximum Gasteiger partial charge on any atom is 0.0970 e. The lowest BCUT2D eigenvalue weighted by molar-refractivity contribution is -0.000560. The summed E-state index contributed by atoms with van der Waals surface area (Å²) in [6.07, 6.45) is -0.750. The van der Waals surface area contributed by atoms with Gasteiger partial charge in [-0.25, -0.2) is 0 Å². The molecule has 0 aliphatic rings. The Morgan fingerprint density at radius 1 is 1.37 bits per heavy atom. The van der Waals surface area contributed by atoms with Gasteiger partial charge in [-0.15, -0.1) is 0 Å². The highest BCUT2D eigenvalue weighted by Crippen LogP contribution is 2.31. The fourth-order valence-electron chi connectivity index (χ4n) is 2.04. The number of likely N-dealkylation sites (N-methyl/N-ethyl adjacent to an activating group) is 1. The van der Waals surface area contributed by atoms with Gasteiger partial charge < -0.3 is 14.9 Å². The first kappa shape index (κ1) is 16.7. The predicted molar refractivity (Wildman–Crippen MR) is 76.8 cm³/mol. The molecule has 1 rings (SSSR count). The number of ether oxygens (including phenoxy) is 1. The quantitative estimate of drug-likeness (QED) is 0.808. The summed E-state index contributed by atoms with van der Waals surface area (Å²) in [6.45, 7) is 0.599. The molecular weight excluding hydrogens is 289 g/mol. The number of nitrogens with zero attached hydrogens (tertiary/aromatic N) is 1. The second kappa shape index (κ2) is 8.04. The van der Waals surface area contributed by atoms with E-state index in [1.165, 1.54) is 7.11 Å². The number of aliphatic hydroxyl groups is 2. The fraction of sp³-hybridized carbons (Fsp3) is 0.538. The first-order valence-electron chi connectivity index (χ1n) is 5.94. The minimum atomic E-state index is -0.750. The molecule has 2 N–H and O–H groups in total. The van der Waals surface area contributed by atoms with Crippen molar-refractivity contribution < 1.29 is 14.9 Å². The molecule has 0 heterocycles. The van der Waals surface area contributed by atoms with Crippen molar-refractivity contribution in [2.24, 2.45) is 0 Å². The zero-order chi connectivity index (χ0) is 14.4. The van der Waals surface area contributed by atoms with Gasteiger partial charge in [0.15, 0.2) is 0 Å². The average molecular weight is 308 g/mol. The van der Waals surface area contributed by atoms with Crippen LogP contribution in [0.15, 0.2) is 18.2 Å². The van der Waals surface area contributed by atoms with Crippen molar-refractivity contribution in [1.29, 1.82) is 0 Å². The van der Waals surface area contributed by atoms with E-state index in [1.54, 1.807) is 18.2 Å². The SMILES string of the molecule is COCC(O)C(c1ccc(Cl)cc1Cl)N(C)CCO. The number of benzene rings is 1. The van der Waals surface area contributed by atoms with Crippen LogP contribution >= 0.6 is 23.2 Å². The van der Waals surface area contributed by atoms with E-state index in [0.29, 0.717) is 16.6 Å². The normalized spacial score (nSPS) is 14.7. The molecule has 0 saturated carbocycles. The monoisotopic (exact) mass is 307 g/mol. The molecule has 19 heavy (non-hydrogen) atoms. The van der Waals surface area contributed by atoms with Crippen LogP contribution in [-0.4, -0.2) is 55.1 Å². The van der Waals surface area contributed by atoms with Crippen molar-refractivity contribution in [2.75, 3.05) is 33.9 Å². The third-order valence-corrected chi connectivity index (χ3v) is 3.47. The third kappa shape index (κ3) is 4.60. The number of methoxy groups -OCH3 is 1. The van der Waals surface area contributed by atoms with Gasteiger partial charge in [-0.05, 0) is 24.7 Å². The van der Waals surface area contributed by atoms with Crippen LogP contribution in [0, 0.1) is 0 Å². The maximum absolute atomic E-state index is 10.2. The molecule has 2 atom stereocenters. The molecule has 0 bridgehead atoms. The molecule has 108 valence electrons. The smallest absolute Gasteiger partial charge is 0.0970 e. The van der Waals surface area contributed by atoms with Crippen molar-refractivity contribution >= 4 is 23.2 Å². The summed E-state index contributed by atoms with van der Waals surface area (Å²) >= 11 is 12.1. The minimum absolute atomic E-state index is 0.00207. The van der Waals surface area contributed by atoms with Crippen LogP contribution in [0.5, 0.6) is 0 Å². The molecule has 0 amide bonds. The molecule has 0 aliphatic heterocycles. The molecule has 1 aromatic rings. The number of halogens is 2. The Labute approximate surface area is 123 Å². The largest absolute Gasteiger partial charge is 0.395 e. The Morgan fingerprint density at radius 2 is 2.05 bits per heavy atom. The standard InChI is InChI=1S/C13H19Cl2NO3/c1-16(5-6-17)13(12(18)8-19-2)10-4-3-9(14)7-11(10)15/h3-4,7,12-13,17-18H,5-6,8H2,1-2H3. The summed E-state index contributed by atoms with van der Waals surface area (Å²) in [6, 6.07) is 4.78. The van der Waals surface area contributed by atoms with Gasteiger partial charge in [0, 0.05) is 23.7 Å². The van der Waals surface area contributed by atoms with Gasteiger partial charge >= 0.3 is 0 Å². The molecule has 1 aromatic carbocycles. The Hall–Kier alpha value is -0.360. The lowest BCUT2D eigenvalue weighted by atomic mass is 10.00. The van der Waals surface area contributed by atoms with Crippen molar-refractivity contribution in [3.63, 3.8) is 0 Å². The highest BCUT2D eigenvalue weighted by Gasteiger charge is 2.27. The maximum atomic E-state index is 10.2. The van der Waals surface area contributed by atoms with E-state index < -0.39 is 6.10 Å². The minimum Gasteiger partial charge on any atom is -0.395 e. The first-order valence-corrected chi connectivity index (χ1v) is 6.70. The number of hydrogen-bond acceptors (Lipinski definition) is 4. The van der Waals surface area contributed by atoms with E-state index in [2.05, 4.69) is 0 Å². The van der Waals surface area contributed by atoms with Gasteiger partial charge in [-0.1, -0.05) is 29.3 Å². The van der Waals surface area contributed by atoms with Gasteiger partial charge in [-0.2, -0.15) is 0 Å². The van der Waals surface area contributed by atoms with Crippen LogP contribution in [0.4, 0.5) is 0 Å². The summed E-state index contributed by atoms with van der Waals surface area (Å²) in [5.74, 6) is 0. The third-order valence-electron chi connectivity index (χ3n) is 2.91. The topological polar surface area (TPSA) is 52.9 Å². The molecule has 4 nitrogen and oxygen atoms in total. The number of hydrogen-bond donors (Lipinski definition) is 2. The van der Waals surface area contributed by atoms with E-state index in [9.17, 15) is 5.11 Å². The van der Waals surface area contributed by atoms with E-state index in [1.807, 2.05) is 11.9 Å². The Balaban J connectivity index is 3.07. The Morgan fingerprint density at radius 3 is 2.58 bits per heavy atom. The number of aliphatic hydroxyl groups excluding tert-OH is 2. The van der Waals surface area contributed by atoms with E-state index in [-0.39, 0.29) is 19.3 Å². The Bertz CT molecular complexity index is 391. The van der Waals surface area contributed by atoms with Gasteiger partial charge in [0.25, 0.3) is 0 Å². The highest BCUT2D eigenvalue weighted by atomic mass is 35.5. The predicted octanol–water partition coefficient (Wildman–Crippen LogP) is 1.97. The number of rotatable bonds is 7. The lowest BCUT2D eigenvalue weighted by Gasteiger charge is -2.32. The highest BCUT2D eigenvalue weighted by molar-refractivity contribution is 6.35. The summed E-state index contributed by atoms with van der Waals surface area (Å²) in [7, 11) is 3.33. The van der Waals surface area contributed by atoms with Gasteiger partial charge in [0.05, 0.1) is 25.4 Å². The molecule has 2 unspecified atom stereocenters. The molecule has 0 aliphatic carbocycles. The summed E-state index contributed by atoms with van der Waals surface area (Å²) < 4.78 is 4.99. The van der Waals surface area contributed by atoms with Gasteiger partial charge in [-0.3, -0.25) is 4.90 Å². The lowest BCUT2D eigenvalue weighted by Crippen LogP contribution is -2.38.